The SMILES string of the molecule is CC12CC3CC(C1)CC(C(=NC1CCCC1)NN)(C3)C2. The second kappa shape index (κ2) is 4.46. The summed E-state index contributed by atoms with van der Waals surface area (Å²) in [5.41, 5.74) is 3.92. The van der Waals surface area contributed by atoms with Crippen molar-refractivity contribution < 1.29 is 0 Å². The molecule has 2 unspecified atom stereocenters. The van der Waals surface area contributed by atoms with Gasteiger partial charge >= 0.3 is 0 Å². The Morgan fingerprint density at radius 2 is 1.75 bits per heavy atom. The molecule has 0 aliphatic heterocycles. The molecule has 5 fully saturated rings. The molecule has 0 aromatic heterocycles. The summed E-state index contributed by atoms with van der Waals surface area (Å²) in [4.78, 5) is 5.10. The predicted molar refractivity (Wildman–Crippen MR) is 82.2 cm³/mol. The van der Waals surface area contributed by atoms with Crippen molar-refractivity contribution in [2.75, 3.05) is 0 Å². The van der Waals surface area contributed by atoms with E-state index in [1.54, 1.807) is 0 Å². The fraction of sp³-hybridized carbons (Fsp3) is 0.941. The van der Waals surface area contributed by atoms with Crippen molar-refractivity contribution in [1.82, 2.24) is 5.43 Å². The van der Waals surface area contributed by atoms with Crippen LogP contribution in [0.2, 0.25) is 0 Å². The highest BCUT2D eigenvalue weighted by Crippen LogP contribution is 2.65. The van der Waals surface area contributed by atoms with E-state index < -0.39 is 0 Å². The van der Waals surface area contributed by atoms with Crippen molar-refractivity contribution in [2.45, 2.75) is 77.2 Å². The summed E-state index contributed by atoms with van der Waals surface area (Å²) in [6.07, 6.45) is 13.6. The highest BCUT2D eigenvalue weighted by Gasteiger charge is 2.57. The standard InChI is InChI=1S/C17H29N3/c1-16-7-12-6-13(8-16)10-17(9-12,11-16)15(20-18)19-14-4-2-3-5-14/h12-14H,2-11,18H2,1H3,(H,19,20). The minimum absolute atomic E-state index is 0.302. The molecule has 0 radical (unpaired) electrons. The summed E-state index contributed by atoms with van der Waals surface area (Å²) in [7, 11) is 0. The lowest BCUT2D eigenvalue weighted by Gasteiger charge is -2.61. The Hall–Kier alpha value is -0.570. The molecule has 0 aromatic rings. The zero-order valence-corrected chi connectivity index (χ0v) is 12.8. The van der Waals surface area contributed by atoms with Crippen LogP contribution < -0.4 is 11.3 Å². The first-order valence-corrected chi connectivity index (χ1v) is 8.66. The van der Waals surface area contributed by atoms with Crippen molar-refractivity contribution >= 4 is 5.84 Å². The summed E-state index contributed by atoms with van der Waals surface area (Å²) >= 11 is 0. The van der Waals surface area contributed by atoms with Gasteiger partial charge in [0.25, 0.3) is 0 Å². The Kier molecular flexibility index (Phi) is 2.93. The van der Waals surface area contributed by atoms with Gasteiger partial charge in [-0.1, -0.05) is 19.8 Å². The molecular formula is C17H29N3. The maximum Gasteiger partial charge on any atom is 0.117 e. The van der Waals surface area contributed by atoms with Crippen LogP contribution in [0.4, 0.5) is 0 Å². The molecule has 5 aliphatic rings. The van der Waals surface area contributed by atoms with Crippen LogP contribution in [0.15, 0.2) is 4.99 Å². The number of nitrogens with zero attached hydrogens (tertiary/aromatic N) is 1. The quantitative estimate of drug-likeness (QED) is 0.351. The average molecular weight is 275 g/mol. The first kappa shape index (κ1) is 13.1. The molecule has 0 saturated heterocycles. The van der Waals surface area contributed by atoms with E-state index in [4.69, 9.17) is 10.8 Å². The Balaban J connectivity index is 1.65. The number of rotatable bonds is 2. The van der Waals surface area contributed by atoms with Crippen LogP contribution in [0.1, 0.15) is 71.1 Å². The summed E-state index contributed by atoms with van der Waals surface area (Å²) < 4.78 is 0. The maximum absolute atomic E-state index is 5.93. The molecule has 5 saturated carbocycles. The molecule has 3 nitrogen and oxygen atoms in total. The van der Waals surface area contributed by atoms with Crippen LogP contribution in [-0.2, 0) is 0 Å². The number of hydrogen-bond acceptors (Lipinski definition) is 2. The van der Waals surface area contributed by atoms with Crippen molar-refractivity contribution in [2.24, 2.45) is 33.5 Å². The molecule has 0 heterocycles. The van der Waals surface area contributed by atoms with Gasteiger partial charge in [0.2, 0.25) is 0 Å². The first-order chi connectivity index (χ1) is 9.61. The monoisotopic (exact) mass is 275 g/mol. The molecule has 20 heavy (non-hydrogen) atoms. The zero-order chi connectivity index (χ0) is 13.8. The number of nitrogens with two attached hydrogens (primary N) is 1. The van der Waals surface area contributed by atoms with Crippen LogP contribution in [-0.4, -0.2) is 11.9 Å². The molecule has 0 aromatic carbocycles. The van der Waals surface area contributed by atoms with Crippen molar-refractivity contribution in [1.29, 1.82) is 0 Å². The van der Waals surface area contributed by atoms with Gasteiger partial charge in [-0.3, -0.25) is 4.99 Å². The zero-order valence-electron chi connectivity index (χ0n) is 12.8. The Morgan fingerprint density at radius 3 is 2.30 bits per heavy atom. The molecule has 4 bridgehead atoms. The van der Waals surface area contributed by atoms with E-state index in [0.717, 1.165) is 11.8 Å². The van der Waals surface area contributed by atoms with Crippen LogP contribution in [0.25, 0.3) is 0 Å². The maximum atomic E-state index is 5.93. The van der Waals surface area contributed by atoms with E-state index in [1.165, 1.54) is 70.0 Å². The van der Waals surface area contributed by atoms with Crippen LogP contribution in [0.3, 0.4) is 0 Å². The second-order valence-electron chi connectivity index (χ2n) is 8.61. The molecular weight excluding hydrogens is 246 g/mol. The summed E-state index contributed by atoms with van der Waals surface area (Å²) in [5, 5.41) is 0. The van der Waals surface area contributed by atoms with Gasteiger partial charge in [-0.2, -0.15) is 0 Å². The third-order valence-corrected chi connectivity index (χ3v) is 6.63. The third kappa shape index (κ3) is 2.01. The fourth-order valence-electron chi connectivity index (χ4n) is 6.54. The topological polar surface area (TPSA) is 50.4 Å². The summed E-state index contributed by atoms with van der Waals surface area (Å²) in [5.74, 6) is 8.97. The molecule has 5 aliphatic carbocycles. The molecule has 3 heteroatoms. The minimum Gasteiger partial charge on any atom is -0.312 e. The van der Waals surface area contributed by atoms with E-state index in [-0.39, 0.29) is 0 Å². The smallest absolute Gasteiger partial charge is 0.117 e. The van der Waals surface area contributed by atoms with Crippen molar-refractivity contribution in [3.05, 3.63) is 0 Å². The second-order valence-corrected chi connectivity index (χ2v) is 8.61. The summed E-state index contributed by atoms with van der Waals surface area (Å²) in [6, 6.07) is 0.543. The molecule has 5 rings (SSSR count). The lowest BCUT2D eigenvalue weighted by atomic mass is 9.44. The van der Waals surface area contributed by atoms with Gasteiger partial charge in [0.1, 0.15) is 5.84 Å². The van der Waals surface area contributed by atoms with Gasteiger partial charge in [0.05, 0.1) is 6.04 Å². The Bertz CT molecular complexity index is 408. The normalized spacial score (nSPS) is 48.0. The fourth-order valence-corrected chi connectivity index (χ4v) is 6.54. The number of hydrazine groups is 1. The average Bonchev–Trinajstić information content (AvgIpc) is 2.85. The van der Waals surface area contributed by atoms with Crippen LogP contribution in [0, 0.1) is 22.7 Å². The Labute approximate surface area is 122 Å². The van der Waals surface area contributed by atoms with Gasteiger partial charge in [0, 0.05) is 5.41 Å². The number of hydrogen-bond donors (Lipinski definition) is 2. The Morgan fingerprint density at radius 1 is 1.10 bits per heavy atom. The van der Waals surface area contributed by atoms with Crippen LogP contribution >= 0.6 is 0 Å². The minimum atomic E-state index is 0.302. The largest absolute Gasteiger partial charge is 0.312 e. The van der Waals surface area contributed by atoms with Crippen molar-refractivity contribution in [3.8, 4) is 0 Å². The van der Waals surface area contributed by atoms with Gasteiger partial charge in [-0.15, -0.1) is 0 Å². The number of amidine groups is 1. The lowest BCUT2D eigenvalue weighted by molar-refractivity contribution is -0.0695. The van der Waals surface area contributed by atoms with E-state index in [2.05, 4.69) is 12.3 Å². The highest BCUT2D eigenvalue weighted by molar-refractivity contribution is 5.88. The van der Waals surface area contributed by atoms with E-state index in [1.807, 2.05) is 0 Å². The molecule has 0 spiro atoms. The number of aliphatic imine (C=N–C) groups is 1. The molecule has 2 atom stereocenters. The van der Waals surface area contributed by atoms with Gasteiger partial charge in [-0.05, 0) is 68.6 Å². The predicted octanol–water partition coefficient (Wildman–Crippen LogP) is 3.40. The number of nitrogens with one attached hydrogen (secondary N) is 1. The summed E-state index contributed by atoms with van der Waals surface area (Å²) in [6.45, 7) is 2.52. The van der Waals surface area contributed by atoms with Gasteiger partial charge < -0.3 is 5.43 Å². The van der Waals surface area contributed by atoms with Crippen LogP contribution in [0.5, 0.6) is 0 Å². The van der Waals surface area contributed by atoms with E-state index >= 15 is 0 Å². The van der Waals surface area contributed by atoms with Gasteiger partial charge in [-0.25, -0.2) is 5.84 Å². The third-order valence-electron chi connectivity index (χ3n) is 6.63. The van der Waals surface area contributed by atoms with E-state index in [0.29, 0.717) is 16.9 Å². The molecule has 3 N–H and O–H groups in total. The first-order valence-electron chi connectivity index (χ1n) is 8.66. The highest BCUT2D eigenvalue weighted by atomic mass is 15.3. The van der Waals surface area contributed by atoms with Gasteiger partial charge in [0.15, 0.2) is 0 Å². The van der Waals surface area contributed by atoms with Crippen molar-refractivity contribution in [3.63, 3.8) is 0 Å². The molecule has 0 amide bonds. The molecule has 112 valence electrons. The lowest BCUT2D eigenvalue weighted by Crippen LogP contribution is -2.58. The van der Waals surface area contributed by atoms with E-state index in [9.17, 15) is 0 Å².